The van der Waals surface area contributed by atoms with Crippen LogP contribution in [0.15, 0.2) is 47.4 Å². The van der Waals surface area contributed by atoms with E-state index in [1.165, 1.54) is 0 Å². The predicted molar refractivity (Wildman–Crippen MR) is 77.4 cm³/mol. The van der Waals surface area contributed by atoms with Crippen molar-refractivity contribution in [3.8, 4) is 11.5 Å². The molecule has 0 radical (unpaired) electrons. The maximum Gasteiger partial charge on any atom is 0.140 e. The lowest BCUT2D eigenvalue weighted by Crippen LogP contribution is -1.99. The van der Waals surface area contributed by atoms with Gasteiger partial charge in [-0.2, -0.15) is 0 Å². The number of hydrogen-bond donors (Lipinski definition) is 1. The Hall–Kier alpha value is -1.45. The monoisotopic (exact) mass is 259 g/mol. The molecule has 0 unspecified atom stereocenters. The van der Waals surface area contributed by atoms with Crippen molar-refractivity contribution in [2.75, 3.05) is 6.26 Å². The van der Waals surface area contributed by atoms with Crippen LogP contribution in [0, 0.1) is 6.92 Å². The van der Waals surface area contributed by atoms with Gasteiger partial charge < -0.3 is 10.5 Å². The second-order valence-electron chi connectivity index (χ2n) is 4.05. The van der Waals surface area contributed by atoms with E-state index >= 15 is 0 Å². The van der Waals surface area contributed by atoms with E-state index in [2.05, 4.69) is 13.0 Å². The summed E-state index contributed by atoms with van der Waals surface area (Å²) in [6, 6.07) is 14.1. The van der Waals surface area contributed by atoms with Crippen molar-refractivity contribution in [3.63, 3.8) is 0 Å². The number of rotatable bonds is 4. The third-order valence-electron chi connectivity index (χ3n) is 2.83. The summed E-state index contributed by atoms with van der Waals surface area (Å²) in [4.78, 5) is 1.14. The average Bonchev–Trinajstić information content (AvgIpc) is 2.39. The van der Waals surface area contributed by atoms with Crippen LogP contribution in [0.1, 0.15) is 11.1 Å². The third-order valence-corrected chi connectivity index (χ3v) is 3.61. The highest BCUT2D eigenvalue weighted by molar-refractivity contribution is 7.98. The Kier molecular flexibility index (Phi) is 4.28. The summed E-state index contributed by atoms with van der Waals surface area (Å²) in [7, 11) is 0. The number of nitrogens with two attached hydrogens (primary N) is 1. The van der Waals surface area contributed by atoms with Crippen molar-refractivity contribution in [2.24, 2.45) is 5.73 Å². The number of hydrogen-bond acceptors (Lipinski definition) is 3. The van der Waals surface area contributed by atoms with Crippen LogP contribution in [-0.2, 0) is 6.54 Å². The summed E-state index contributed by atoms with van der Waals surface area (Å²) < 4.78 is 5.92. The maximum absolute atomic E-state index is 5.92. The van der Waals surface area contributed by atoms with Crippen molar-refractivity contribution < 1.29 is 4.74 Å². The molecule has 0 bridgehead atoms. The average molecular weight is 259 g/mol. The molecule has 2 aromatic carbocycles. The molecular weight excluding hydrogens is 242 g/mol. The topological polar surface area (TPSA) is 35.2 Å². The van der Waals surface area contributed by atoms with Crippen LogP contribution in [0.4, 0.5) is 0 Å². The van der Waals surface area contributed by atoms with E-state index in [9.17, 15) is 0 Å². The molecule has 2 N–H and O–H groups in total. The summed E-state index contributed by atoms with van der Waals surface area (Å²) in [6.45, 7) is 2.61. The quantitative estimate of drug-likeness (QED) is 0.844. The first-order valence-electron chi connectivity index (χ1n) is 5.85. The van der Waals surface area contributed by atoms with Gasteiger partial charge in [0.25, 0.3) is 0 Å². The molecule has 0 aliphatic carbocycles. The van der Waals surface area contributed by atoms with Gasteiger partial charge in [-0.3, -0.25) is 0 Å². The van der Waals surface area contributed by atoms with Crippen molar-refractivity contribution in [2.45, 2.75) is 18.4 Å². The zero-order chi connectivity index (χ0) is 13.0. The van der Waals surface area contributed by atoms with Gasteiger partial charge in [0.15, 0.2) is 0 Å². The molecule has 0 aliphatic heterocycles. The van der Waals surface area contributed by atoms with Crippen molar-refractivity contribution >= 4 is 11.8 Å². The SMILES string of the molecule is CSc1ccccc1Oc1ccc(CN)c(C)c1. The fourth-order valence-corrected chi connectivity index (χ4v) is 2.32. The predicted octanol–water partition coefficient (Wildman–Crippen LogP) is 3.97. The molecule has 2 rings (SSSR count). The lowest BCUT2D eigenvalue weighted by atomic mass is 10.1. The Morgan fingerprint density at radius 1 is 1.17 bits per heavy atom. The minimum atomic E-state index is 0.563. The van der Waals surface area contributed by atoms with E-state index in [0.29, 0.717) is 6.54 Å². The van der Waals surface area contributed by atoms with Gasteiger partial charge in [0.1, 0.15) is 11.5 Å². The second-order valence-corrected chi connectivity index (χ2v) is 4.89. The lowest BCUT2D eigenvalue weighted by molar-refractivity contribution is 0.470. The van der Waals surface area contributed by atoms with Crippen molar-refractivity contribution in [3.05, 3.63) is 53.6 Å². The number of benzene rings is 2. The Labute approximate surface area is 112 Å². The summed E-state index contributed by atoms with van der Waals surface area (Å²) in [5, 5.41) is 0. The summed E-state index contributed by atoms with van der Waals surface area (Å²) in [5.74, 6) is 1.75. The fourth-order valence-electron chi connectivity index (χ4n) is 1.79. The molecule has 3 heteroatoms. The zero-order valence-electron chi connectivity index (χ0n) is 10.6. The summed E-state index contributed by atoms with van der Waals surface area (Å²) in [6.07, 6.45) is 2.05. The minimum absolute atomic E-state index is 0.563. The number of para-hydroxylation sites is 1. The molecule has 18 heavy (non-hydrogen) atoms. The number of aryl methyl sites for hydroxylation is 1. The normalized spacial score (nSPS) is 10.4. The third kappa shape index (κ3) is 2.86. The van der Waals surface area contributed by atoms with Crippen LogP contribution in [0.25, 0.3) is 0 Å². The van der Waals surface area contributed by atoms with Gasteiger partial charge in [-0.25, -0.2) is 0 Å². The maximum atomic E-state index is 5.92. The highest BCUT2D eigenvalue weighted by Crippen LogP contribution is 2.31. The van der Waals surface area contributed by atoms with Crippen LogP contribution < -0.4 is 10.5 Å². The summed E-state index contributed by atoms with van der Waals surface area (Å²) in [5.41, 5.74) is 7.97. The van der Waals surface area contributed by atoms with Gasteiger partial charge in [0.2, 0.25) is 0 Å². The molecular formula is C15H17NOS. The Morgan fingerprint density at radius 3 is 2.61 bits per heavy atom. The number of thioether (sulfide) groups is 1. The Balaban J connectivity index is 2.26. The smallest absolute Gasteiger partial charge is 0.140 e. The first-order valence-corrected chi connectivity index (χ1v) is 7.07. The molecule has 0 fully saturated rings. The molecule has 0 aliphatic rings. The van der Waals surface area contributed by atoms with Gasteiger partial charge in [-0.15, -0.1) is 11.8 Å². The fraction of sp³-hybridized carbons (Fsp3) is 0.200. The second kappa shape index (κ2) is 5.94. The molecule has 0 saturated carbocycles. The van der Waals surface area contributed by atoms with Gasteiger partial charge in [0.05, 0.1) is 0 Å². The summed E-state index contributed by atoms with van der Waals surface area (Å²) >= 11 is 1.68. The molecule has 0 spiro atoms. The minimum Gasteiger partial charge on any atom is -0.456 e. The standard InChI is InChI=1S/C15H17NOS/c1-11-9-13(8-7-12(11)10-16)17-14-5-3-4-6-15(14)18-2/h3-9H,10,16H2,1-2H3. The molecule has 2 aromatic rings. The van der Waals surface area contributed by atoms with Gasteiger partial charge in [-0.05, 0) is 48.6 Å². The lowest BCUT2D eigenvalue weighted by Gasteiger charge is -2.11. The van der Waals surface area contributed by atoms with Crippen molar-refractivity contribution in [1.29, 1.82) is 0 Å². The molecule has 0 heterocycles. The van der Waals surface area contributed by atoms with Crippen LogP contribution in [0.3, 0.4) is 0 Å². The van der Waals surface area contributed by atoms with Crippen molar-refractivity contribution in [1.82, 2.24) is 0 Å². The van der Waals surface area contributed by atoms with E-state index in [-0.39, 0.29) is 0 Å². The van der Waals surface area contributed by atoms with Gasteiger partial charge in [-0.1, -0.05) is 18.2 Å². The highest BCUT2D eigenvalue weighted by atomic mass is 32.2. The van der Waals surface area contributed by atoms with E-state index < -0.39 is 0 Å². The first-order chi connectivity index (χ1) is 8.74. The molecule has 94 valence electrons. The first kappa shape index (κ1) is 13.0. The van der Waals surface area contributed by atoms with Gasteiger partial charge >= 0.3 is 0 Å². The number of ether oxygens (including phenoxy) is 1. The van der Waals surface area contributed by atoms with Crippen LogP contribution in [-0.4, -0.2) is 6.26 Å². The van der Waals surface area contributed by atoms with Crippen LogP contribution in [0.5, 0.6) is 11.5 Å². The highest BCUT2D eigenvalue weighted by Gasteiger charge is 2.04. The van der Waals surface area contributed by atoms with E-state index in [1.54, 1.807) is 11.8 Å². The van der Waals surface area contributed by atoms with Gasteiger partial charge in [0, 0.05) is 11.4 Å². The Bertz CT molecular complexity index is 540. The largest absolute Gasteiger partial charge is 0.456 e. The molecule has 2 nitrogen and oxygen atoms in total. The molecule has 0 saturated heterocycles. The van der Waals surface area contributed by atoms with E-state index in [4.69, 9.17) is 10.5 Å². The zero-order valence-corrected chi connectivity index (χ0v) is 11.5. The van der Waals surface area contributed by atoms with E-state index in [0.717, 1.165) is 27.5 Å². The molecule has 0 amide bonds. The van der Waals surface area contributed by atoms with Crippen LogP contribution in [0.2, 0.25) is 0 Å². The molecule has 0 atom stereocenters. The van der Waals surface area contributed by atoms with Crippen LogP contribution >= 0.6 is 11.8 Å². The Morgan fingerprint density at radius 2 is 1.94 bits per heavy atom. The molecule has 0 aromatic heterocycles. The van der Waals surface area contributed by atoms with E-state index in [1.807, 2.05) is 42.7 Å².